The van der Waals surface area contributed by atoms with Gasteiger partial charge in [0, 0.05) is 0 Å². The van der Waals surface area contributed by atoms with E-state index in [1.54, 1.807) is 24.3 Å². The van der Waals surface area contributed by atoms with Gasteiger partial charge in [0.1, 0.15) is 11.3 Å². The molecule has 0 aromatic heterocycles. The summed E-state index contributed by atoms with van der Waals surface area (Å²) in [5, 5.41) is 8.99. The van der Waals surface area contributed by atoms with E-state index in [0.717, 1.165) is 13.2 Å². The van der Waals surface area contributed by atoms with Gasteiger partial charge in [-0.15, -0.1) is 0 Å². The fourth-order valence-corrected chi connectivity index (χ4v) is 1.45. The zero-order valence-electron chi connectivity index (χ0n) is 11.1. The Kier molecular flexibility index (Phi) is 5.46. The molecule has 0 aliphatic rings. The van der Waals surface area contributed by atoms with Crippen molar-refractivity contribution >= 4 is 23.8 Å². The molecule has 20 heavy (non-hydrogen) atoms. The lowest BCUT2D eigenvalue weighted by molar-refractivity contribution is -0.151. The minimum atomic E-state index is -1.50. The maximum Gasteiger partial charge on any atom is 0.379 e. The molecule has 0 aliphatic carbocycles. The van der Waals surface area contributed by atoms with Crippen LogP contribution in [-0.2, 0) is 19.1 Å². The van der Waals surface area contributed by atoms with E-state index in [2.05, 4.69) is 4.74 Å². The topological polar surface area (TPSA) is 89.9 Å². The van der Waals surface area contributed by atoms with Crippen LogP contribution < -0.4 is 4.74 Å². The number of hydrogen-bond donors (Lipinski definition) is 1. The Hall–Kier alpha value is -2.63. The van der Waals surface area contributed by atoms with E-state index in [1.807, 2.05) is 6.92 Å². The molecule has 0 saturated carbocycles. The van der Waals surface area contributed by atoms with Gasteiger partial charge in [-0.1, -0.05) is 12.1 Å². The van der Waals surface area contributed by atoms with Gasteiger partial charge >= 0.3 is 11.9 Å². The molecule has 0 aliphatic heterocycles. The molecule has 0 radical (unpaired) electrons. The Balaban J connectivity index is 3.14. The summed E-state index contributed by atoms with van der Waals surface area (Å²) in [7, 11) is 1.01. The Morgan fingerprint density at radius 3 is 2.55 bits per heavy atom. The summed E-state index contributed by atoms with van der Waals surface area (Å²) in [6.07, 6.45) is 1.10. The molecule has 0 unspecified atom stereocenters. The number of carbonyl (C=O) groups excluding carboxylic acids is 2. The van der Waals surface area contributed by atoms with Crippen LogP contribution in [0, 0.1) is 0 Å². The quantitative estimate of drug-likeness (QED) is 0.277. The number of Topliss-reactive ketones (excluding diaryl/α,β-unsaturated/α-hetero) is 1. The lowest BCUT2D eigenvalue weighted by Gasteiger charge is -2.04. The third kappa shape index (κ3) is 3.94. The molecule has 1 aromatic rings. The van der Waals surface area contributed by atoms with Gasteiger partial charge in [0.2, 0.25) is 0 Å². The van der Waals surface area contributed by atoms with Crippen molar-refractivity contribution in [1.82, 2.24) is 0 Å². The van der Waals surface area contributed by atoms with E-state index >= 15 is 0 Å². The van der Waals surface area contributed by atoms with Crippen LogP contribution in [0.25, 0.3) is 6.08 Å². The molecule has 1 aromatic carbocycles. The van der Waals surface area contributed by atoms with Crippen LogP contribution in [0.4, 0.5) is 0 Å². The molecule has 106 valence electrons. The maximum absolute atomic E-state index is 11.6. The number of ketones is 1. The highest BCUT2D eigenvalue weighted by Crippen LogP contribution is 2.16. The first-order valence-electron chi connectivity index (χ1n) is 5.80. The Bertz CT molecular complexity index is 559. The third-order valence-electron chi connectivity index (χ3n) is 2.33. The molecule has 1 rings (SSSR count). The van der Waals surface area contributed by atoms with Crippen LogP contribution in [0.2, 0.25) is 0 Å². The molecule has 0 atom stereocenters. The van der Waals surface area contributed by atoms with Crippen molar-refractivity contribution in [3.8, 4) is 5.75 Å². The zero-order valence-corrected chi connectivity index (χ0v) is 11.1. The van der Waals surface area contributed by atoms with Crippen molar-refractivity contribution in [1.29, 1.82) is 0 Å². The number of methoxy groups -OCH3 is 1. The number of hydrogen-bond acceptors (Lipinski definition) is 5. The SMILES string of the molecule is CCOc1cccc(C=C(C(=O)O)C(=O)C(=O)OC)c1. The van der Waals surface area contributed by atoms with E-state index in [4.69, 9.17) is 9.84 Å². The van der Waals surface area contributed by atoms with Gasteiger partial charge < -0.3 is 14.6 Å². The van der Waals surface area contributed by atoms with Crippen LogP contribution >= 0.6 is 0 Å². The number of benzene rings is 1. The minimum absolute atomic E-state index is 0.436. The lowest BCUT2D eigenvalue weighted by Crippen LogP contribution is -2.22. The maximum atomic E-state index is 11.6. The number of ether oxygens (including phenoxy) is 2. The van der Waals surface area contributed by atoms with E-state index in [1.165, 1.54) is 0 Å². The molecule has 6 heteroatoms. The van der Waals surface area contributed by atoms with Gasteiger partial charge in [0.25, 0.3) is 5.78 Å². The molecule has 0 amide bonds. The molecule has 0 heterocycles. The van der Waals surface area contributed by atoms with Crippen molar-refractivity contribution in [3.63, 3.8) is 0 Å². The largest absolute Gasteiger partial charge is 0.494 e. The monoisotopic (exact) mass is 278 g/mol. The summed E-state index contributed by atoms with van der Waals surface area (Å²) in [5.41, 5.74) is -0.226. The van der Waals surface area contributed by atoms with Crippen molar-refractivity contribution in [2.24, 2.45) is 0 Å². The summed E-state index contributed by atoms with van der Waals surface area (Å²) in [6.45, 7) is 2.27. The number of carbonyl (C=O) groups is 3. The number of rotatable bonds is 6. The first kappa shape index (κ1) is 15.4. The molecule has 0 spiro atoms. The van der Waals surface area contributed by atoms with Crippen LogP contribution in [-0.4, -0.2) is 36.5 Å². The summed E-state index contributed by atoms with van der Waals surface area (Å²) in [6, 6.07) is 6.51. The summed E-state index contributed by atoms with van der Waals surface area (Å²) < 4.78 is 9.49. The number of esters is 1. The van der Waals surface area contributed by atoms with Crippen LogP contribution in [0.3, 0.4) is 0 Å². The molecular formula is C14H14O6. The Labute approximate surface area is 115 Å². The van der Waals surface area contributed by atoms with E-state index in [-0.39, 0.29) is 0 Å². The van der Waals surface area contributed by atoms with E-state index in [9.17, 15) is 14.4 Å². The molecule has 0 bridgehead atoms. The van der Waals surface area contributed by atoms with E-state index < -0.39 is 23.3 Å². The third-order valence-corrected chi connectivity index (χ3v) is 2.33. The first-order valence-corrected chi connectivity index (χ1v) is 5.80. The number of carboxylic acid groups (broad SMARTS) is 1. The molecule has 0 fully saturated rings. The highest BCUT2D eigenvalue weighted by Gasteiger charge is 2.25. The van der Waals surface area contributed by atoms with Crippen molar-refractivity contribution in [2.45, 2.75) is 6.92 Å². The van der Waals surface area contributed by atoms with Crippen molar-refractivity contribution in [3.05, 3.63) is 35.4 Å². The van der Waals surface area contributed by atoms with Gasteiger partial charge in [-0.2, -0.15) is 0 Å². The fraction of sp³-hybridized carbons (Fsp3) is 0.214. The number of aliphatic carboxylic acids is 1. The highest BCUT2D eigenvalue weighted by molar-refractivity contribution is 6.47. The molecular weight excluding hydrogens is 264 g/mol. The average molecular weight is 278 g/mol. The molecule has 6 nitrogen and oxygen atoms in total. The normalized spacial score (nSPS) is 10.8. The minimum Gasteiger partial charge on any atom is -0.494 e. The van der Waals surface area contributed by atoms with E-state index in [0.29, 0.717) is 17.9 Å². The Morgan fingerprint density at radius 1 is 1.30 bits per heavy atom. The zero-order chi connectivity index (χ0) is 15.1. The second-order valence-electron chi connectivity index (χ2n) is 3.69. The smallest absolute Gasteiger partial charge is 0.379 e. The average Bonchev–Trinajstić information content (AvgIpc) is 2.43. The number of carboxylic acids is 1. The Morgan fingerprint density at radius 2 is 2.00 bits per heavy atom. The fourth-order valence-electron chi connectivity index (χ4n) is 1.45. The highest BCUT2D eigenvalue weighted by atomic mass is 16.5. The summed E-state index contributed by atoms with van der Waals surface area (Å²) >= 11 is 0. The summed E-state index contributed by atoms with van der Waals surface area (Å²) in [5.74, 6) is -3.39. The van der Waals surface area contributed by atoms with Crippen LogP contribution in [0.15, 0.2) is 29.8 Å². The van der Waals surface area contributed by atoms with Crippen molar-refractivity contribution < 1.29 is 29.0 Å². The van der Waals surface area contributed by atoms with Gasteiger partial charge in [0.15, 0.2) is 0 Å². The van der Waals surface area contributed by atoms with Crippen molar-refractivity contribution in [2.75, 3.05) is 13.7 Å². The molecule has 1 N–H and O–H groups in total. The second-order valence-corrected chi connectivity index (χ2v) is 3.69. The van der Waals surface area contributed by atoms with Gasteiger partial charge in [-0.3, -0.25) is 4.79 Å². The first-order chi connectivity index (χ1) is 9.49. The second kappa shape index (κ2) is 7.08. The summed E-state index contributed by atoms with van der Waals surface area (Å²) in [4.78, 5) is 33.7. The van der Waals surface area contributed by atoms with Gasteiger partial charge in [0.05, 0.1) is 13.7 Å². The van der Waals surface area contributed by atoms with Crippen LogP contribution in [0.1, 0.15) is 12.5 Å². The van der Waals surface area contributed by atoms with Gasteiger partial charge in [-0.05, 0) is 30.7 Å². The van der Waals surface area contributed by atoms with Crippen LogP contribution in [0.5, 0.6) is 5.75 Å². The predicted octanol–water partition coefficient (Wildman–Crippen LogP) is 1.30. The molecule has 0 saturated heterocycles. The standard InChI is InChI=1S/C14H14O6/c1-3-20-10-6-4-5-9(7-10)8-11(13(16)17)12(15)14(18)19-2/h4-8H,3H2,1-2H3,(H,16,17). The lowest BCUT2D eigenvalue weighted by atomic mass is 10.1. The predicted molar refractivity (Wildman–Crippen MR) is 70.2 cm³/mol. The van der Waals surface area contributed by atoms with Gasteiger partial charge in [-0.25, -0.2) is 9.59 Å².